The second-order valence-electron chi connectivity index (χ2n) is 7.63. The molecule has 1 aliphatic carbocycles. The van der Waals surface area contributed by atoms with Crippen molar-refractivity contribution in [1.29, 1.82) is 0 Å². The van der Waals surface area contributed by atoms with Crippen molar-refractivity contribution >= 4 is 41.8 Å². The first kappa shape index (κ1) is 18.5. The molecule has 4 heterocycles. The number of piperidine rings is 3. The molecule has 0 radical (unpaired) electrons. The fraction of sp³-hybridized carbons (Fsp3) is 0.556. The van der Waals surface area contributed by atoms with Gasteiger partial charge in [0.2, 0.25) is 0 Å². The van der Waals surface area contributed by atoms with Gasteiger partial charge in [-0.3, -0.25) is 4.79 Å². The minimum absolute atomic E-state index is 0. The largest absolute Gasteiger partial charge is 0.349 e. The summed E-state index contributed by atoms with van der Waals surface area (Å²) in [7, 11) is 0. The van der Waals surface area contributed by atoms with Gasteiger partial charge in [0.25, 0.3) is 5.91 Å². The number of fused-ring (bicyclic) bond motifs is 1. The Balaban J connectivity index is 0.000000911. The highest BCUT2D eigenvalue weighted by atomic mass is 35.5. The third kappa shape index (κ3) is 3.14. The van der Waals surface area contributed by atoms with Crippen LogP contribution in [0.25, 0.3) is 11.0 Å². The number of nitrogens with one attached hydrogen (secondary N) is 2. The van der Waals surface area contributed by atoms with E-state index in [0.29, 0.717) is 17.9 Å². The molecule has 6 rings (SSSR count). The first-order valence-corrected chi connectivity index (χ1v) is 8.65. The van der Waals surface area contributed by atoms with E-state index in [0.717, 1.165) is 41.4 Å². The molecule has 4 fully saturated rings. The molecule has 0 unspecified atom stereocenters. The number of aromatic amines is 1. The molecule has 1 saturated carbocycles. The van der Waals surface area contributed by atoms with Crippen molar-refractivity contribution < 1.29 is 4.79 Å². The highest BCUT2D eigenvalue weighted by molar-refractivity contribution is 5.97. The predicted molar refractivity (Wildman–Crippen MR) is 103 cm³/mol. The van der Waals surface area contributed by atoms with Crippen LogP contribution >= 0.6 is 24.8 Å². The molecule has 25 heavy (non-hydrogen) atoms. The van der Waals surface area contributed by atoms with Crippen LogP contribution in [0.3, 0.4) is 0 Å². The first-order valence-electron chi connectivity index (χ1n) is 8.65. The number of rotatable bonds is 2. The standard InChI is InChI=1S/C18H22N4O.2ClH/c1-10-19-15-3-2-12(6-16(15)20-10)18(23)21-17-13-4-11-5-14(17)9-22(7-11)8-13;;/h2-3,6,11,13-14,17H,4-5,7-9H2,1H3,(H,19,20)(H,21,23);2*1H/t11?,13-,14-,17?;;/m1../s1. The highest BCUT2D eigenvalue weighted by Crippen LogP contribution is 2.43. The lowest BCUT2D eigenvalue weighted by Gasteiger charge is -2.55. The summed E-state index contributed by atoms with van der Waals surface area (Å²) in [4.78, 5) is 22.9. The third-order valence-corrected chi connectivity index (χ3v) is 5.95. The van der Waals surface area contributed by atoms with E-state index in [9.17, 15) is 4.79 Å². The normalized spacial score (nSPS) is 32.1. The van der Waals surface area contributed by atoms with Gasteiger partial charge in [-0.2, -0.15) is 0 Å². The second-order valence-corrected chi connectivity index (χ2v) is 7.63. The summed E-state index contributed by atoms with van der Waals surface area (Å²) in [5.41, 5.74) is 2.59. The molecule has 0 spiro atoms. The van der Waals surface area contributed by atoms with Gasteiger partial charge in [-0.05, 0) is 55.7 Å². The number of aryl methyl sites for hydroxylation is 1. The highest BCUT2D eigenvalue weighted by Gasteiger charge is 2.47. The molecule has 1 aromatic carbocycles. The monoisotopic (exact) mass is 382 g/mol. The fourth-order valence-electron chi connectivity index (χ4n) is 5.16. The fourth-order valence-corrected chi connectivity index (χ4v) is 5.16. The summed E-state index contributed by atoms with van der Waals surface area (Å²) in [6.45, 7) is 5.54. The van der Waals surface area contributed by atoms with E-state index >= 15 is 0 Å². The maximum atomic E-state index is 12.7. The zero-order valence-corrected chi connectivity index (χ0v) is 15.8. The molecule has 2 N–H and O–H groups in total. The van der Waals surface area contributed by atoms with Crippen molar-refractivity contribution in [3.05, 3.63) is 29.6 Å². The molecule has 7 heteroatoms. The summed E-state index contributed by atoms with van der Waals surface area (Å²) >= 11 is 0. The van der Waals surface area contributed by atoms with Crippen LogP contribution in [0.2, 0.25) is 0 Å². The Labute approximate surface area is 159 Å². The van der Waals surface area contributed by atoms with E-state index < -0.39 is 0 Å². The van der Waals surface area contributed by atoms with Crippen molar-refractivity contribution in [1.82, 2.24) is 20.2 Å². The lowest BCUT2D eigenvalue weighted by Crippen LogP contribution is -2.64. The minimum Gasteiger partial charge on any atom is -0.349 e. The molecule has 4 bridgehead atoms. The molecular weight excluding hydrogens is 359 g/mol. The van der Waals surface area contributed by atoms with Gasteiger partial charge in [0.1, 0.15) is 5.82 Å². The number of aromatic nitrogens is 2. The molecule has 136 valence electrons. The van der Waals surface area contributed by atoms with E-state index in [1.165, 1.54) is 19.4 Å². The van der Waals surface area contributed by atoms with Gasteiger partial charge >= 0.3 is 0 Å². The van der Waals surface area contributed by atoms with E-state index in [1.54, 1.807) is 0 Å². The van der Waals surface area contributed by atoms with E-state index in [4.69, 9.17) is 0 Å². The van der Waals surface area contributed by atoms with Crippen LogP contribution in [-0.2, 0) is 0 Å². The first-order chi connectivity index (χ1) is 11.2. The number of carbonyl (C=O) groups excluding carboxylic acids is 1. The van der Waals surface area contributed by atoms with Crippen LogP contribution in [0.15, 0.2) is 18.2 Å². The number of carbonyl (C=O) groups is 1. The number of hydrogen-bond donors (Lipinski definition) is 2. The molecule has 3 aliphatic heterocycles. The zero-order valence-electron chi connectivity index (χ0n) is 14.2. The number of amides is 1. The average molecular weight is 383 g/mol. The van der Waals surface area contributed by atoms with Crippen molar-refractivity contribution in [2.24, 2.45) is 17.8 Å². The summed E-state index contributed by atoms with van der Waals surface area (Å²) < 4.78 is 0. The van der Waals surface area contributed by atoms with Crippen molar-refractivity contribution in [3.63, 3.8) is 0 Å². The Morgan fingerprint density at radius 3 is 2.60 bits per heavy atom. The van der Waals surface area contributed by atoms with Gasteiger partial charge in [-0.15, -0.1) is 24.8 Å². The molecule has 2 aromatic rings. The summed E-state index contributed by atoms with van der Waals surface area (Å²) in [5.74, 6) is 3.09. The van der Waals surface area contributed by atoms with Crippen molar-refractivity contribution in [2.75, 3.05) is 19.6 Å². The smallest absolute Gasteiger partial charge is 0.251 e. The number of halogens is 2. The van der Waals surface area contributed by atoms with E-state index in [2.05, 4.69) is 20.2 Å². The van der Waals surface area contributed by atoms with Crippen LogP contribution in [-0.4, -0.2) is 46.5 Å². The maximum absolute atomic E-state index is 12.7. The molecular formula is C18H24Cl2N4O. The number of nitrogens with zero attached hydrogens (tertiary/aromatic N) is 2. The van der Waals surface area contributed by atoms with Gasteiger partial charge in [-0.25, -0.2) is 4.98 Å². The lowest BCUT2D eigenvalue weighted by molar-refractivity contribution is -0.0418. The van der Waals surface area contributed by atoms with Gasteiger partial charge < -0.3 is 15.2 Å². The van der Waals surface area contributed by atoms with Crippen molar-refractivity contribution in [2.45, 2.75) is 25.8 Å². The Kier molecular flexibility index (Phi) is 5.02. The topological polar surface area (TPSA) is 61.0 Å². The zero-order chi connectivity index (χ0) is 15.6. The molecule has 4 aliphatic rings. The molecule has 5 nitrogen and oxygen atoms in total. The summed E-state index contributed by atoms with van der Waals surface area (Å²) in [6.07, 6.45) is 2.58. The van der Waals surface area contributed by atoms with Crippen LogP contribution in [0.1, 0.15) is 29.0 Å². The second kappa shape index (κ2) is 6.78. The Hall–Kier alpha value is -1.30. The van der Waals surface area contributed by atoms with Crippen LogP contribution in [0, 0.1) is 24.7 Å². The average Bonchev–Trinajstić information content (AvgIpc) is 2.89. The van der Waals surface area contributed by atoms with E-state index in [-0.39, 0.29) is 30.7 Å². The van der Waals surface area contributed by atoms with Gasteiger partial charge in [-0.1, -0.05) is 0 Å². The third-order valence-electron chi connectivity index (χ3n) is 5.95. The number of benzene rings is 1. The molecule has 3 saturated heterocycles. The Morgan fingerprint density at radius 1 is 1.20 bits per heavy atom. The van der Waals surface area contributed by atoms with Gasteiger partial charge in [0, 0.05) is 31.2 Å². The molecule has 2 atom stereocenters. The van der Waals surface area contributed by atoms with E-state index in [1.807, 2.05) is 25.1 Å². The predicted octanol–water partition coefficient (Wildman–Crippen LogP) is 2.78. The summed E-state index contributed by atoms with van der Waals surface area (Å²) in [5, 5.41) is 3.35. The number of imidazole rings is 1. The van der Waals surface area contributed by atoms with Gasteiger partial charge in [0.15, 0.2) is 0 Å². The molecule has 1 aromatic heterocycles. The van der Waals surface area contributed by atoms with Gasteiger partial charge in [0.05, 0.1) is 11.0 Å². The Bertz CT molecular complexity index is 762. The van der Waals surface area contributed by atoms with Crippen LogP contribution in [0.5, 0.6) is 0 Å². The quantitative estimate of drug-likeness (QED) is 0.839. The minimum atomic E-state index is 0. The molecule has 1 amide bonds. The van der Waals surface area contributed by atoms with Crippen LogP contribution < -0.4 is 5.32 Å². The lowest BCUT2D eigenvalue weighted by atomic mass is 9.65. The maximum Gasteiger partial charge on any atom is 0.251 e. The summed E-state index contributed by atoms with van der Waals surface area (Å²) in [6, 6.07) is 6.09. The number of hydrogen-bond acceptors (Lipinski definition) is 3. The SMILES string of the molecule is Cc1nc2ccc(C(=O)NC3[C@@H]4CC5C[C@@H]3CN(C5)C4)cc2[nH]1.Cl.Cl. The van der Waals surface area contributed by atoms with Crippen LogP contribution in [0.4, 0.5) is 0 Å². The number of H-pyrrole nitrogens is 1. The Morgan fingerprint density at radius 2 is 1.92 bits per heavy atom. The van der Waals surface area contributed by atoms with Crippen molar-refractivity contribution in [3.8, 4) is 0 Å².